The molecule has 3 rings (SSSR count). The Kier molecular flexibility index (Phi) is 5.44. The zero-order valence-electron chi connectivity index (χ0n) is 13.6. The summed E-state index contributed by atoms with van der Waals surface area (Å²) in [4.78, 5) is 42.0. The molecule has 1 aromatic rings. The third-order valence-corrected chi connectivity index (χ3v) is 5.47. The Hall–Kier alpha value is -1.96. The van der Waals surface area contributed by atoms with Gasteiger partial charge in [-0.25, -0.2) is 9.78 Å². The second-order valence-electron chi connectivity index (χ2n) is 6.16. The Morgan fingerprint density at radius 2 is 2.08 bits per heavy atom. The Bertz CT molecular complexity index is 620. The first-order chi connectivity index (χ1) is 11.6. The minimum atomic E-state index is -0.491. The van der Waals surface area contributed by atoms with Crippen molar-refractivity contribution in [3.05, 3.63) is 15.6 Å². The number of nitrogens with one attached hydrogen (secondary N) is 2. The highest BCUT2D eigenvalue weighted by Gasteiger charge is 2.24. The normalized spacial score (nSPS) is 17.4. The first-order valence-corrected chi connectivity index (χ1v) is 9.26. The van der Waals surface area contributed by atoms with Gasteiger partial charge < -0.3 is 10.2 Å². The standard InChI is InChI=1S/C16H22N4O3S/c21-13-7-9-20(16(23)19-13)10-14(22)17-8-3-6-15-18-11-4-1-2-5-12(11)24-15/h1-10H2,(H,17,22)(H,19,21,23). The fraction of sp³-hybridized carbons (Fsp3) is 0.625. The fourth-order valence-electron chi connectivity index (χ4n) is 2.96. The molecule has 1 saturated heterocycles. The maximum Gasteiger partial charge on any atom is 0.324 e. The van der Waals surface area contributed by atoms with Crippen LogP contribution in [0.2, 0.25) is 0 Å². The van der Waals surface area contributed by atoms with E-state index in [4.69, 9.17) is 4.98 Å². The van der Waals surface area contributed by atoms with Crippen LogP contribution in [0.3, 0.4) is 0 Å². The van der Waals surface area contributed by atoms with Crippen LogP contribution in [0, 0.1) is 0 Å². The van der Waals surface area contributed by atoms with Crippen molar-refractivity contribution in [2.75, 3.05) is 19.6 Å². The maximum atomic E-state index is 11.9. The van der Waals surface area contributed by atoms with Crippen LogP contribution in [0.5, 0.6) is 0 Å². The number of thiazole rings is 1. The highest BCUT2D eigenvalue weighted by molar-refractivity contribution is 7.11. The number of rotatable bonds is 6. The maximum absolute atomic E-state index is 11.9. The van der Waals surface area contributed by atoms with Crippen LogP contribution in [0.25, 0.3) is 0 Å². The summed E-state index contributed by atoms with van der Waals surface area (Å²) in [6.07, 6.45) is 6.71. The highest BCUT2D eigenvalue weighted by Crippen LogP contribution is 2.27. The Labute approximate surface area is 144 Å². The van der Waals surface area contributed by atoms with Crippen molar-refractivity contribution in [1.29, 1.82) is 0 Å². The number of hydrogen-bond acceptors (Lipinski definition) is 5. The van der Waals surface area contributed by atoms with Gasteiger partial charge in [0.2, 0.25) is 11.8 Å². The molecule has 2 heterocycles. The minimum absolute atomic E-state index is 0.00926. The SMILES string of the molecule is O=C(CN1CCC(=O)NC1=O)NCCCc1nc2c(s1)CCCC2. The van der Waals surface area contributed by atoms with Gasteiger partial charge in [-0.3, -0.25) is 14.9 Å². The largest absolute Gasteiger partial charge is 0.355 e. The number of nitrogens with zero attached hydrogens (tertiary/aromatic N) is 2. The molecule has 2 N–H and O–H groups in total. The lowest BCUT2D eigenvalue weighted by molar-refractivity contribution is -0.125. The molecule has 4 amide bonds. The van der Waals surface area contributed by atoms with Crippen molar-refractivity contribution in [2.24, 2.45) is 0 Å². The van der Waals surface area contributed by atoms with Crippen LogP contribution in [-0.4, -0.2) is 47.4 Å². The molecular formula is C16H22N4O3S. The van der Waals surface area contributed by atoms with Gasteiger partial charge >= 0.3 is 6.03 Å². The lowest BCUT2D eigenvalue weighted by Gasteiger charge is -2.25. The molecule has 24 heavy (non-hydrogen) atoms. The Morgan fingerprint density at radius 1 is 1.25 bits per heavy atom. The number of urea groups is 1. The van der Waals surface area contributed by atoms with Crippen LogP contribution in [-0.2, 0) is 28.9 Å². The highest BCUT2D eigenvalue weighted by atomic mass is 32.1. The molecule has 0 bridgehead atoms. The molecule has 1 aliphatic heterocycles. The van der Waals surface area contributed by atoms with Crippen molar-refractivity contribution in [3.63, 3.8) is 0 Å². The topological polar surface area (TPSA) is 91.4 Å². The zero-order chi connectivity index (χ0) is 16.9. The Balaban J connectivity index is 1.35. The van der Waals surface area contributed by atoms with E-state index in [9.17, 15) is 14.4 Å². The number of fused-ring (bicyclic) bond motifs is 1. The van der Waals surface area contributed by atoms with Gasteiger partial charge in [0.1, 0.15) is 6.54 Å². The first kappa shape index (κ1) is 16.9. The fourth-order valence-corrected chi connectivity index (χ4v) is 4.16. The van der Waals surface area contributed by atoms with E-state index in [0.717, 1.165) is 30.7 Å². The molecule has 0 saturated carbocycles. The number of hydrogen-bond donors (Lipinski definition) is 2. The molecule has 1 aromatic heterocycles. The zero-order valence-corrected chi connectivity index (χ0v) is 14.4. The van der Waals surface area contributed by atoms with Gasteiger partial charge in [-0.05, 0) is 32.1 Å². The lowest BCUT2D eigenvalue weighted by atomic mass is 10.0. The van der Waals surface area contributed by atoms with E-state index in [1.54, 1.807) is 11.3 Å². The average Bonchev–Trinajstić information content (AvgIpc) is 2.97. The van der Waals surface area contributed by atoms with E-state index >= 15 is 0 Å². The molecule has 8 heteroatoms. The van der Waals surface area contributed by atoms with Gasteiger partial charge in [0.25, 0.3) is 0 Å². The summed E-state index contributed by atoms with van der Waals surface area (Å²) in [6.45, 7) is 0.852. The molecule has 0 aromatic carbocycles. The Morgan fingerprint density at radius 3 is 2.88 bits per heavy atom. The van der Waals surface area contributed by atoms with E-state index < -0.39 is 6.03 Å². The molecule has 2 aliphatic rings. The molecular weight excluding hydrogens is 328 g/mol. The van der Waals surface area contributed by atoms with Gasteiger partial charge in [-0.1, -0.05) is 0 Å². The van der Waals surface area contributed by atoms with E-state index in [1.165, 1.54) is 28.3 Å². The van der Waals surface area contributed by atoms with Gasteiger partial charge in [-0.15, -0.1) is 11.3 Å². The number of amides is 4. The molecule has 1 fully saturated rings. The van der Waals surface area contributed by atoms with Crippen molar-refractivity contribution >= 4 is 29.2 Å². The predicted molar refractivity (Wildman–Crippen MR) is 89.8 cm³/mol. The number of carbonyl (C=O) groups excluding carboxylic acids is 3. The number of aromatic nitrogens is 1. The van der Waals surface area contributed by atoms with E-state index in [0.29, 0.717) is 13.1 Å². The van der Waals surface area contributed by atoms with Gasteiger partial charge in [-0.2, -0.15) is 0 Å². The van der Waals surface area contributed by atoms with Crippen LogP contribution in [0.15, 0.2) is 0 Å². The summed E-state index contributed by atoms with van der Waals surface area (Å²) in [5.41, 5.74) is 1.27. The van der Waals surface area contributed by atoms with Crippen molar-refractivity contribution in [2.45, 2.75) is 44.9 Å². The van der Waals surface area contributed by atoms with Crippen LogP contribution in [0.4, 0.5) is 4.79 Å². The molecule has 0 atom stereocenters. The monoisotopic (exact) mass is 350 g/mol. The third-order valence-electron chi connectivity index (χ3n) is 4.26. The second-order valence-corrected chi connectivity index (χ2v) is 7.33. The quantitative estimate of drug-likeness (QED) is 0.749. The van der Waals surface area contributed by atoms with E-state index in [-0.39, 0.29) is 24.8 Å². The molecule has 130 valence electrons. The lowest BCUT2D eigenvalue weighted by Crippen LogP contribution is -2.52. The number of carbonyl (C=O) groups is 3. The summed E-state index contributed by atoms with van der Waals surface area (Å²) in [7, 11) is 0. The summed E-state index contributed by atoms with van der Waals surface area (Å²) >= 11 is 1.81. The second kappa shape index (κ2) is 7.74. The van der Waals surface area contributed by atoms with E-state index in [1.807, 2.05) is 0 Å². The van der Waals surface area contributed by atoms with Crippen LogP contribution >= 0.6 is 11.3 Å². The van der Waals surface area contributed by atoms with Gasteiger partial charge in [0.15, 0.2) is 0 Å². The average molecular weight is 350 g/mol. The molecule has 0 spiro atoms. The number of imide groups is 1. The minimum Gasteiger partial charge on any atom is -0.355 e. The smallest absolute Gasteiger partial charge is 0.324 e. The molecule has 0 radical (unpaired) electrons. The van der Waals surface area contributed by atoms with Crippen molar-refractivity contribution in [1.82, 2.24) is 20.5 Å². The third kappa shape index (κ3) is 4.31. The molecule has 7 nitrogen and oxygen atoms in total. The predicted octanol–water partition coefficient (Wildman–Crippen LogP) is 1.01. The van der Waals surface area contributed by atoms with Gasteiger partial charge in [0, 0.05) is 30.8 Å². The summed E-state index contributed by atoms with van der Waals surface area (Å²) in [5, 5.41) is 6.19. The molecule has 0 unspecified atom stereocenters. The van der Waals surface area contributed by atoms with Crippen LogP contribution < -0.4 is 10.6 Å². The summed E-state index contributed by atoms with van der Waals surface area (Å²) in [6, 6.07) is -0.491. The first-order valence-electron chi connectivity index (χ1n) is 8.45. The van der Waals surface area contributed by atoms with E-state index in [2.05, 4.69) is 10.6 Å². The van der Waals surface area contributed by atoms with Crippen molar-refractivity contribution < 1.29 is 14.4 Å². The van der Waals surface area contributed by atoms with Gasteiger partial charge in [0.05, 0.1) is 10.7 Å². The number of aryl methyl sites for hydroxylation is 3. The summed E-state index contributed by atoms with van der Waals surface area (Å²) in [5.74, 6) is -0.485. The van der Waals surface area contributed by atoms with Crippen molar-refractivity contribution in [3.8, 4) is 0 Å². The summed E-state index contributed by atoms with van der Waals surface area (Å²) < 4.78 is 0. The van der Waals surface area contributed by atoms with Crippen LogP contribution in [0.1, 0.15) is 41.3 Å². The molecule has 1 aliphatic carbocycles.